The Labute approximate surface area is 618 Å². The maximum absolute atomic E-state index is 13.1. The first kappa shape index (κ1) is 98.5. The number of carbonyl (C=O) groups is 4. The van der Waals surface area contributed by atoms with Crippen LogP contribution in [0.25, 0.3) is 0 Å². The maximum atomic E-state index is 13.1. The summed E-state index contributed by atoms with van der Waals surface area (Å²) < 4.78 is 68.7. The van der Waals surface area contributed by atoms with Crippen LogP contribution in [0.5, 0.6) is 0 Å². The highest BCUT2D eigenvalue weighted by atomic mass is 31.2. The molecular weight excluding hydrogens is 1320 g/mol. The Morgan fingerprint density at radius 1 is 0.327 bits per heavy atom. The van der Waals surface area contributed by atoms with E-state index in [0.29, 0.717) is 25.7 Å². The predicted octanol–water partition coefficient (Wildman–Crippen LogP) is 24.2. The minimum absolute atomic E-state index is 0.0854. The fraction of sp³-hybridized carbons (Fsp3) is 0.902. The van der Waals surface area contributed by atoms with Gasteiger partial charge in [0.15, 0.2) is 12.2 Å². The summed E-state index contributed by atoms with van der Waals surface area (Å²) >= 11 is 0. The van der Waals surface area contributed by atoms with Crippen LogP contribution in [-0.4, -0.2) is 96.7 Å². The van der Waals surface area contributed by atoms with Crippen LogP contribution in [0.4, 0.5) is 0 Å². The van der Waals surface area contributed by atoms with Gasteiger partial charge < -0.3 is 33.8 Å². The number of allylic oxidation sites excluding steroid dienone is 4. The van der Waals surface area contributed by atoms with Crippen molar-refractivity contribution in [3.05, 3.63) is 24.3 Å². The van der Waals surface area contributed by atoms with E-state index in [1.54, 1.807) is 0 Å². The zero-order valence-electron chi connectivity index (χ0n) is 65.7. The van der Waals surface area contributed by atoms with Gasteiger partial charge in [0.05, 0.1) is 26.4 Å². The average molecular weight is 1480 g/mol. The number of rotatable bonds is 79. The minimum atomic E-state index is -4.97. The van der Waals surface area contributed by atoms with Crippen molar-refractivity contribution in [2.75, 3.05) is 39.6 Å². The molecule has 0 aliphatic carbocycles. The molecule has 3 N–H and O–H groups in total. The number of phosphoric ester groups is 2. The monoisotopic (exact) mass is 1480 g/mol. The highest BCUT2D eigenvalue weighted by Crippen LogP contribution is 2.45. The molecule has 0 aromatic rings. The summed E-state index contributed by atoms with van der Waals surface area (Å²) in [5.74, 6) is -0.494. The van der Waals surface area contributed by atoms with E-state index in [4.69, 9.17) is 37.0 Å². The van der Waals surface area contributed by atoms with Crippen LogP contribution in [0.3, 0.4) is 0 Å². The molecule has 0 radical (unpaired) electrons. The molecule has 0 amide bonds. The van der Waals surface area contributed by atoms with E-state index in [1.807, 2.05) is 0 Å². The first-order valence-electron chi connectivity index (χ1n) is 41.8. The first-order valence-corrected chi connectivity index (χ1v) is 44.8. The molecule has 17 nitrogen and oxygen atoms in total. The van der Waals surface area contributed by atoms with Gasteiger partial charge in [-0.2, -0.15) is 0 Å². The minimum Gasteiger partial charge on any atom is -0.462 e. The number of hydrogen-bond acceptors (Lipinski definition) is 15. The van der Waals surface area contributed by atoms with Gasteiger partial charge in [-0.25, -0.2) is 9.13 Å². The molecule has 101 heavy (non-hydrogen) atoms. The summed E-state index contributed by atoms with van der Waals surface area (Å²) in [5, 5.41) is 10.6. The number of ether oxygens (including phenoxy) is 4. The van der Waals surface area contributed by atoms with Crippen LogP contribution in [0, 0.1) is 11.8 Å². The van der Waals surface area contributed by atoms with E-state index < -0.39 is 97.5 Å². The molecule has 0 spiro atoms. The Bertz CT molecular complexity index is 2040. The zero-order valence-corrected chi connectivity index (χ0v) is 67.5. The lowest BCUT2D eigenvalue weighted by Gasteiger charge is -2.21. The van der Waals surface area contributed by atoms with E-state index in [2.05, 4.69) is 65.8 Å². The van der Waals surface area contributed by atoms with Crippen molar-refractivity contribution in [3.63, 3.8) is 0 Å². The summed E-state index contributed by atoms with van der Waals surface area (Å²) in [6, 6.07) is 0. The van der Waals surface area contributed by atoms with Gasteiger partial charge in [-0.15, -0.1) is 0 Å². The topological polar surface area (TPSA) is 237 Å². The number of aliphatic hydroxyl groups excluding tert-OH is 1. The standard InChI is InChI=1S/C82H156O17P2/c1-7-10-12-14-16-18-20-21-22-30-36-42-48-54-60-66-81(86)98-77(70-92-79(84)64-58-52-46-40-32-19-17-15-13-11-8-2)72-96-100(88,89)94-68-76(83)69-95-101(90,91)97-73-78(71-93-80(85)65-59-53-47-41-35-29-25-23-27-33-38-44-50-56-62-74(4)5)99-82(87)67-61-55-49-43-37-31-26-24-28-34-39-45-51-57-63-75(6)9-3/h18,20-22,74-78,83H,7-17,19,23-73H2,1-6H3,(H,88,89)(H,90,91)/b20-18-,22-21-/t75?,76-,77+,78+/m0/s1. The van der Waals surface area contributed by atoms with Gasteiger partial charge in [0.25, 0.3) is 0 Å². The molecule has 0 saturated heterocycles. The fourth-order valence-electron chi connectivity index (χ4n) is 12.1. The molecule has 19 heteroatoms. The van der Waals surface area contributed by atoms with Crippen LogP contribution in [0.2, 0.25) is 0 Å². The summed E-state index contributed by atoms with van der Waals surface area (Å²) in [5.41, 5.74) is 0. The van der Waals surface area contributed by atoms with E-state index in [0.717, 1.165) is 115 Å². The van der Waals surface area contributed by atoms with Crippen molar-refractivity contribution in [2.45, 2.75) is 426 Å². The lowest BCUT2D eigenvalue weighted by molar-refractivity contribution is -0.161. The van der Waals surface area contributed by atoms with Gasteiger partial charge in [0.2, 0.25) is 0 Å². The van der Waals surface area contributed by atoms with Crippen LogP contribution in [0.1, 0.15) is 408 Å². The Hall–Kier alpha value is -2.46. The third kappa shape index (κ3) is 74.2. The molecule has 0 aliphatic heterocycles. The van der Waals surface area contributed by atoms with Crippen molar-refractivity contribution in [2.24, 2.45) is 11.8 Å². The van der Waals surface area contributed by atoms with Crippen molar-refractivity contribution in [1.82, 2.24) is 0 Å². The smallest absolute Gasteiger partial charge is 0.462 e. The second-order valence-electron chi connectivity index (χ2n) is 29.5. The van der Waals surface area contributed by atoms with Crippen molar-refractivity contribution < 1.29 is 80.2 Å². The molecule has 0 bridgehead atoms. The number of phosphoric acid groups is 2. The predicted molar refractivity (Wildman–Crippen MR) is 414 cm³/mol. The highest BCUT2D eigenvalue weighted by molar-refractivity contribution is 7.47. The van der Waals surface area contributed by atoms with Crippen molar-refractivity contribution >= 4 is 39.5 Å². The lowest BCUT2D eigenvalue weighted by atomic mass is 9.99. The zero-order chi connectivity index (χ0) is 74.2. The van der Waals surface area contributed by atoms with Gasteiger partial charge in [0.1, 0.15) is 19.3 Å². The van der Waals surface area contributed by atoms with Crippen LogP contribution in [-0.2, 0) is 65.4 Å². The van der Waals surface area contributed by atoms with E-state index in [1.165, 1.54) is 212 Å². The van der Waals surface area contributed by atoms with Gasteiger partial charge in [0, 0.05) is 25.7 Å². The molecule has 0 fully saturated rings. The molecule has 0 saturated carbocycles. The molecule has 0 aliphatic rings. The molecule has 0 aromatic carbocycles. The Morgan fingerprint density at radius 3 is 0.891 bits per heavy atom. The third-order valence-corrected chi connectivity index (χ3v) is 20.8. The van der Waals surface area contributed by atoms with Gasteiger partial charge >= 0.3 is 39.5 Å². The van der Waals surface area contributed by atoms with E-state index >= 15 is 0 Å². The Morgan fingerprint density at radius 2 is 0.584 bits per heavy atom. The van der Waals surface area contributed by atoms with Gasteiger partial charge in [-0.05, 0) is 63.2 Å². The van der Waals surface area contributed by atoms with Crippen molar-refractivity contribution in [3.8, 4) is 0 Å². The molecule has 6 atom stereocenters. The molecule has 0 heterocycles. The quantitative estimate of drug-likeness (QED) is 0.0169. The highest BCUT2D eigenvalue weighted by Gasteiger charge is 2.30. The van der Waals surface area contributed by atoms with Crippen LogP contribution >= 0.6 is 15.6 Å². The summed E-state index contributed by atoms with van der Waals surface area (Å²) in [7, 11) is -9.93. The van der Waals surface area contributed by atoms with Gasteiger partial charge in [-0.1, -0.05) is 355 Å². The summed E-state index contributed by atoms with van der Waals surface area (Å²) in [6.45, 7) is 9.65. The number of unbranched alkanes of at least 4 members (excludes halogenated alkanes) is 45. The number of esters is 4. The normalized spacial score (nSPS) is 14.3. The second-order valence-corrected chi connectivity index (χ2v) is 32.5. The van der Waals surface area contributed by atoms with Crippen LogP contribution in [0.15, 0.2) is 24.3 Å². The molecule has 0 rings (SSSR count). The lowest BCUT2D eigenvalue weighted by Crippen LogP contribution is -2.30. The second kappa shape index (κ2) is 73.1. The maximum Gasteiger partial charge on any atom is 0.472 e. The summed E-state index contributed by atoms with van der Waals surface area (Å²) in [6.07, 6.45) is 65.8. The van der Waals surface area contributed by atoms with E-state index in [9.17, 15) is 43.2 Å². The Balaban J connectivity index is 5.29. The molecule has 3 unspecified atom stereocenters. The largest absolute Gasteiger partial charge is 0.472 e. The first-order chi connectivity index (χ1) is 48.9. The molecule has 0 aromatic heterocycles. The SMILES string of the molecule is CCCCCC/C=C\C=C/CCCCCCCC(=O)O[C@H](COC(=O)CCCCCCCCCCCCC)COP(=O)(O)OC[C@H](O)COP(=O)(O)OC[C@@H](COC(=O)CCCCCCCCCCCCCCCCC(C)C)OC(=O)CCCCCCCCCCCCCCCCC(C)CC. The number of hydrogen-bond donors (Lipinski definition) is 3. The Kier molecular flexibility index (Phi) is 71.3. The number of carbonyl (C=O) groups excluding carboxylic acids is 4. The van der Waals surface area contributed by atoms with E-state index in [-0.39, 0.29) is 25.7 Å². The van der Waals surface area contributed by atoms with Crippen LogP contribution < -0.4 is 0 Å². The third-order valence-electron chi connectivity index (χ3n) is 18.9. The average Bonchev–Trinajstić information content (AvgIpc) is 1.58. The number of aliphatic hydroxyl groups is 1. The summed E-state index contributed by atoms with van der Waals surface area (Å²) in [4.78, 5) is 73.1. The molecular formula is C82H156O17P2. The van der Waals surface area contributed by atoms with Crippen molar-refractivity contribution in [1.29, 1.82) is 0 Å². The fourth-order valence-corrected chi connectivity index (χ4v) is 13.7. The molecule has 596 valence electrons. The van der Waals surface area contributed by atoms with Gasteiger partial charge in [-0.3, -0.25) is 37.3 Å².